The lowest BCUT2D eigenvalue weighted by Crippen LogP contribution is -2.32. The molecular weight excluding hydrogens is 459 g/mol. The zero-order valence-electron chi connectivity index (χ0n) is 17.8. The van der Waals surface area contributed by atoms with E-state index in [1.807, 2.05) is 43.7 Å². The third-order valence-electron chi connectivity index (χ3n) is 4.82. The molecule has 31 heavy (non-hydrogen) atoms. The van der Waals surface area contributed by atoms with E-state index in [2.05, 4.69) is 27.3 Å². The predicted molar refractivity (Wildman–Crippen MR) is 134 cm³/mol. The van der Waals surface area contributed by atoms with E-state index in [1.54, 1.807) is 17.7 Å². The highest BCUT2D eigenvalue weighted by molar-refractivity contribution is 5.86. The molecule has 0 bridgehead atoms. The Hall–Kier alpha value is -1.83. The van der Waals surface area contributed by atoms with Crippen LogP contribution < -0.4 is 15.6 Å². The third-order valence-corrected chi connectivity index (χ3v) is 4.82. The van der Waals surface area contributed by atoms with Crippen LogP contribution in [0.2, 0.25) is 0 Å². The van der Waals surface area contributed by atoms with Crippen molar-refractivity contribution in [2.45, 2.75) is 13.0 Å². The van der Waals surface area contributed by atoms with Gasteiger partial charge in [-0.1, -0.05) is 0 Å². The van der Waals surface area contributed by atoms with Crippen molar-refractivity contribution in [1.29, 1.82) is 0 Å². The van der Waals surface area contributed by atoms with E-state index in [0.29, 0.717) is 6.61 Å². The standard InChI is InChI=1S/C22H28N4O2.3ClH/c1-23-12-14-26(17-18-8-10-24-11-9-18)13-3-15-28-20-5-6-21-19(16-20)4-7-22(27)25(21)2;;;/h4-11,16,23H,3,12-15,17H2,1-2H3;3*1H. The number of likely N-dealkylation sites (N-methyl/N-ethyl adjacent to an activating group) is 1. The molecule has 0 atom stereocenters. The molecule has 6 nitrogen and oxygen atoms in total. The summed E-state index contributed by atoms with van der Waals surface area (Å²) in [5.41, 5.74) is 2.18. The molecule has 0 saturated carbocycles. The van der Waals surface area contributed by atoms with E-state index < -0.39 is 0 Å². The summed E-state index contributed by atoms with van der Waals surface area (Å²) in [5, 5.41) is 4.22. The van der Waals surface area contributed by atoms with Crippen molar-refractivity contribution in [3.8, 4) is 5.75 Å². The van der Waals surface area contributed by atoms with Crippen LogP contribution in [0.15, 0.2) is 59.7 Å². The van der Waals surface area contributed by atoms with Gasteiger partial charge in [0.2, 0.25) is 0 Å². The summed E-state index contributed by atoms with van der Waals surface area (Å²) in [6.45, 7) is 4.47. The highest BCUT2D eigenvalue weighted by Crippen LogP contribution is 2.19. The molecule has 1 N–H and O–H groups in total. The summed E-state index contributed by atoms with van der Waals surface area (Å²) in [7, 11) is 3.76. The molecule has 2 aromatic heterocycles. The molecule has 0 fully saturated rings. The molecule has 0 radical (unpaired) electrons. The Labute approximate surface area is 202 Å². The van der Waals surface area contributed by atoms with Crippen LogP contribution >= 0.6 is 37.2 Å². The van der Waals surface area contributed by atoms with Crippen molar-refractivity contribution in [3.05, 3.63) is 70.8 Å². The molecule has 0 aliphatic carbocycles. The van der Waals surface area contributed by atoms with Gasteiger partial charge >= 0.3 is 0 Å². The zero-order valence-corrected chi connectivity index (χ0v) is 20.3. The Morgan fingerprint density at radius 2 is 1.77 bits per heavy atom. The fourth-order valence-corrected chi connectivity index (χ4v) is 3.22. The minimum absolute atomic E-state index is 0. The van der Waals surface area contributed by atoms with Gasteiger partial charge in [-0.05, 0) is 55.4 Å². The molecule has 3 aromatic rings. The smallest absolute Gasteiger partial charge is 0.250 e. The van der Waals surface area contributed by atoms with Crippen LogP contribution in [0.1, 0.15) is 12.0 Å². The van der Waals surface area contributed by atoms with E-state index in [4.69, 9.17) is 4.74 Å². The summed E-state index contributed by atoms with van der Waals surface area (Å²) in [6, 6.07) is 13.4. The largest absolute Gasteiger partial charge is 0.494 e. The quantitative estimate of drug-likeness (QED) is 0.440. The molecule has 0 spiro atoms. The first-order valence-corrected chi connectivity index (χ1v) is 9.66. The highest BCUT2D eigenvalue weighted by atomic mass is 35.5. The molecule has 0 saturated heterocycles. The molecule has 172 valence electrons. The normalized spacial score (nSPS) is 10.2. The lowest BCUT2D eigenvalue weighted by atomic mass is 10.2. The van der Waals surface area contributed by atoms with Crippen LogP contribution in [-0.4, -0.2) is 47.7 Å². The summed E-state index contributed by atoms with van der Waals surface area (Å²) in [4.78, 5) is 18.2. The van der Waals surface area contributed by atoms with Gasteiger partial charge in [-0.15, -0.1) is 37.2 Å². The Bertz CT molecular complexity index is 954. The van der Waals surface area contributed by atoms with Crippen molar-refractivity contribution in [2.75, 3.05) is 33.3 Å². The van der Waals surface area contributed by atoms with Crippen LogP contribution in [0, 0.1) is 0 Å². The van der Waals surface area contributed by atoms with Gasteiger partial charge < -0.3 is 14.6 Å². The summed E-state index contributed by atoms with van der Waals surface area (Å²) in [5.74, 6) is 0.835. The summed E-state index contributed by atoms with van der Waals surface area (Å²) < 4.78 is 7.60. The number of pyridine rings is 2. The number of aryl methyl sites for hydroxylation is 1. The van der Waals surface area contributed by atoms with Crippen LogP contribution in [-0.2, 0) is 13.6 Å². The van der Waals surface area contributed by atoms with Crippen molar-refractivity contribution >= 4 is 48.1 Å². The van der Waals surface area contributed by atoms with E-state index in [1.165, 1.54) is 5.56 Å². The first kappa shape index (κ1) is 29.2. The van der Waals surface area contributed by atoms with Gasteiger partial charge in [0, 0.05) is 57.1 Å². The number of nitrogens with one attached hydrogen (secondary N) is 1. The Morgan fingerprint density at radius 1 is 1.03 bits per heavy atom. The number of hydrogen-bond acceptors (Lipinski definition) is 5. The van der Waals surface area contributed by atoms with Gasteiger partial charge in [-0.2, -0.15) is 0 Å². The number of aromatic nitrogens is 2. The number of fused-ring (bicyclic) bond motifs is 1. The third kappa shape index (κ3) is 8.67. The van der Waals surface area contributed by atoms with Crippen LogP contribution in [0.5, 0.6) is 5.75 Å². The van der Waals surface area contributed by atoms with E-state index in [0.717, 1.165) is 49.3 Å². The minimum Gasteiger partial charge on any atom is -0.494 e. The zero-order chi connectivity index (χ0) is 19.8. The fraction of sp³-hybridized carbons (Fsp3) is 0.364. The van der Waals surface area contributed by atoms with Gasteiger partial charge in [0.05, 0.1) is 12.1 Å². The topological polar surface area (TPSA) is 59.4 Å². The van der Waals surface area contributed by atoms with E-state index in [9.17, 15) is 4.79 Å². The number of rotatable bonds is 10. The number of ether oxygens (including phenoxy) is 1. The second-order valence-electron chi connectivity index (χ2n) is 6.89. The van der Waals surface area contributed by atoms with Crippen molar-refractivity contribution in [3.63, 3.8) is 0 Å². The van der Waals surface area contributed by atoms with Crippen LogP contribution in [0.3, 0.4) is 0 Å². The fourth-order valence-electron chi connectivity index (χ4n) is 3.22. The van der Waals surface area contributed by atoms with Crippen molar-refractivity contribution < 1.29 is 4.74 Å². The first-order chi connectivity index (χ1) is 13.7. The average molecular weight is 490 g/mol. The molecule has 0 aliphatic heterocycles. The number of benzene rings is 1. The monoisotopic (exact) mass is 488 g/mol. The first-order valence-electron chi connectivity index (χ1n) is 9.66. The molecule has 1 aromatic carbocycles. The van der Waals surface area contributed by atoms with Gasteiger partial charge in [0.15, 0.2) is 0 Å². The van der Waals surface area contributed by atoms with Crippen molar-refractivity contribution in [1.82, 2.24) is 19.8 Å². The van der Waals surface area contributed by atoms with Gasteiger partial charge in [-0.3, -0.25) is 14.7 Å². The SMILES string of the molecule is CNCCN(CCCOc1ccc2c(ccc(=O)n2C)c1)Cc1ccncc1.Cl.Cl.Cl. The van der Waals surface area contributed by atoms with Crippen LogP contribution in [0.4, 0.5) is 0 Å². The summed E-state index contributed by atoms with van der Waals surface area (Å²) >= 11 is 0. The average Bonchev–Trinajstić information content (AvgIpc) is 2.72. The molecule has 0 aliphatic rings. The Balaban J connectivity index is 0.00000300. The maximum atomic E-state index is 11.7. The molecule has 0 unspecified atom stereocenters. The molecule has 3 rings (SSSR count). The highest BCUT2D eigenvalue weighted by Gasteiger charge is 2.06. The maximum Gasteiger partial charge on any atom is 0.250 e. The predicted octanol–water partition coefficient (Wildman–Crippen LogP) is 3.69. The number of nitrogens with zero attached hydrogens (tertiary/aromatic N) is 3. The lowest BCUT2D eigenvalue weighted by molar-refractivity contribution is 0.229. The van der Waals surface area contributed by atoms with Gasteiger partial charge in [-0.25, -0.2) is 0 Å². The summed E-state index contributed by atoms with van der Waals surface area (Å²) in [6.07, 6.45) is 4.62. The van der Waals surface area contributed by atoms with Gasteiger partial charge in [0.1, 0.15) is 5.75 Å². The minimum atomic E-state index is -0.00275. The molecular formula is C22H31Cl3N4O2. The Kier molecular flexibility index (Phi) is 14.2. The van der Waals surface area contributed by atoms with Gasteiger partial charge in [0.25, 0.3) is 5.56 Å². The van der Waals surface area contributed by atoms with E-state index >= 15 is 0 Å². The Morgan fingerprint density at radius 3 is 2.48 bits per heavy atom. The molecule has 0 amide bonds. The molecule has 2 heterocycles. The second kappa shape index (κ2) is 15.1. The maximum absolute atomic E-state index is 11.7. The lowest BCUT2D eigenvalue weighted by Gasteiger charge is -2.22. The number of halogens is 3. The van der Waals surface area contributed by atoms with Crippen LogP contribution in [0.25, 0.3) is 10.9 Å². The van der Waals surface area contributed by atoms with Crippen molar-refractivity contribution in [2.24, 2.45) is 7.05 Å². The van der Waals surface area contributed by atoms with E-state index in [-0.39, 0.29) is 42.8 Å². The molecule has 9 heteroatoms. The number of hydrogen-bond donors (Lipinski definition) is 1. The second-order valence-corrected chi connectivity index (χ2v) is 6.89.